The minimum atomic E-state index is -0.341. The highest BCUT2D eigenvalue weighted by Crippen LogP contribution is 2.25. The fraction of sp³-hybridized carbons (Fsp3) is 0.0870. The molecule has 0 aliphatic rings. The van der Waals surface area contributed by atoms with Gasteiger partial charge in [-0.1, -0.05) is 17.7 Å². The van der Waals surface area contributed by atoms with Crippen molar-refractivity contribution in [1.82, 2.24) is 0 Å². The van der Waals surface area contributed by atoms with E-state index in [1.165, 1.54) is 12.1 Å². The second-order valence-corrected chi connectivity index (χ2v) is 6.58. The Bertz CT molecular complexity index is 1210. The average Bonchev–Trinajstić information content (AvgIpc) is 2.65. The van der Waals surface area contributed by atoms with Crippen molar-refractivity contribution in [2.45, 2.75) is 13.8 Å². The van der Waals surface area contributed by atoms with Crippen molar-refractivity contribution in [2.24, 2.45) is 4.99 Å². The van der Waals surface area contributed by atoms with Gasteiger partial charge in [0.25, 0.3) is 0 Å². The van der Waals surface area contributed by atoms with E-state index in [1.807, 2.05) is 26.0 Å². The monoisotopic (exact) mass is 359 g/mol. The van der Waals surface area contributed by atoms with Crippen molar-refractivity contribution >= 4 is 16.7 Å². The van der Waals surface area contributed by atoms with E-state index < -0.39 is 0 Å². The number of aromatic hydroxyl groups is 1. The molecule has 0 bridgehead atoms. The van der Waals surface area contributed by atoms with Gasteiger partial charge in [-0.3, -0.25) is 0 Å². The average molecular weight is 359 g/mol. The van der Waals surface area contributed by atoms with E-state index in [4.69, 9.17) is 9.41 Å². The zero-order chi connectivity index (χ0) is 19.0. The predicted molar refractivity (Wildman–Crippen MR) is 104 cm³/mol. The Morgan fingerprint density at radius 1 is 0.889 bits per heavy atom. The highest BCUT2D eigenvalue weighted by Gasteiger charge is 2.08. The molecule has 0 radical (unpaired) electrons. The Labute approximate surface area is 156 Å². The quantitative estimate of drug-likeness (QED) is 0.492. The fourth-order valence-corrected chi connectivity index (χ4v) is 3.06. The van der Waals surface area contributed by atoms with Gasteiger partial charge in [-0.2, -0.15) is 0 Å². The molecule has 134 valence electrons. The first-order chi connectivity index (χ1) is 13.0. The van der Waals surface area contributed by atoms with Gasteiger partial charge in [0.1, 0.15) is 22.9 Å². The van der Waals surface area contributed by atoms with E-state index in [2.05, 4.69) is 6.07 Å². The van der Waals surface area contributed by atoms with Crippen molar-refractivity contribution < 1.29 is 13.9 Å². The van der Waals surface area contributed by atoms with E-state index in [9.17, 15) is 9.50 Å². The van der Waals surface area contributed by atoms with E-state index in [0.29, 0.717) is 22.1 Å². The van der Waals surface area contributed by atoms with Crippen LogP contribution in [0.4, 0.5) is 10.1 Å². The topological polar surface area (TPSA) is 45.7 Å². The van der Waals surface area contributed by atoms with Gasteiger partial charge >= 0.3 is 0 Å². The number of nitrogens with zero attached hydrogens (tertiary/aromatic N) is 1. The molecule has 0 aliphatic heterocycles. The lowest BCUT2D eigenvalue weighted by Crippen LogP contribution is -2.04. The van der Waals surface area contributed by atoms with Gasteiger partial charge in [0.05, 0.1) is 11.0 Å². The van der Waals surface area contributed by atoms with Crippen molar-refractivity contribution in [1.29, 1.82) is 0 Å². The number of rotatable bonds is 2. The molecular formula is C23H18FNO2. The van der Waals surface area contributed by atoms with Crippen LogP contribution < -0.4 is 5.36 Å². The predicted octanol–water partition coefficient (Wildman–Crippen LogP) is 5.79. The molecule has 3 nitrogen and oxygen atoms in total. The number of aryl methyl sites for hydroxylation is 2. The molecule has 0 aliphatic carbocycles. The molecule has 4 aromatic rings. The number of hydrogen-bond donors (Lipinski definition) is 1. The molecule has 0 spiro atoms. The van der Waals surface area contributed by atoms with Gasteiger partial charge < -0.3 is 9.52 Å². The Balaban J connectivity index is 2.00. The lowest BCUT2D eigenvalue weighted by Gasteiger charge is -2.07. The van der Waals surface area contributed by atoms with Gasteiger partial charge in [0.15, 0.2) is 0 Å². The highest BCUT2D eigenvalue weighted by atomic mass is 19.1. The summed E-state index contributed by atoms with van der Waals surface area (Å²) < 4.78 is 19.8. The summed E-state index contributed by atoms with van der Waals surface area (Å²) in [4.78, 5) is 4.78. The third-order valence-electron chi connectivity index (χ3n) is 4.45. The van der Waals surface area contributed by atoms with Crippen LogP contribution in [0.1, 0.15) is 11.1 Å². The van der Waals surface area contributed by atoms with Crippen LogP contribution in [0.5, 0.6) is 5.75 Å². The van der Waals surface area contributed by atoms with Crippen LogP contribution in [0.3, 0.4) is 0 Å². The Kier molecular flexibility index (Phi) is 4.24. The Hall–Kier alpha value is -3.40. The van der Waals surface area contributed by atoms with Gasteiger partial charge in [-0.25, -0.2) is 9.38 Å². The van der Waals surface area contributed by atoms with Gasteiger partial charge in [0.2, 0.25) is 0 Å². The largest absolute Gasteiger partial charge is 0.508 e. The molecule has 0 atom stereocenters. The standard InChI is InChI=1S/C23H18FNO2/c1-14-3-9-20(15(2)11-14)25-21-13-23(16-4-7-18(26)8-5-16)27-22-10-6-17(24)12-19(21)22/h3-13,26H,1-2H3. The molecule has 0 fully saturated rings. The SMILES string of the molecule is Cc1ccc(N=c2cc(-c3ccc(O)cc3)oc3ccc(F)cc23)c(C)c1. The molecule has 0 saturated heterocycles. The van der Waals surface area contributed by atoms with Crippen LogP contribution in [0.2, 0.25) is 0 Å². The summed E-state index contributed by atoms with van der Waals surface area (Å²) in [5.74, 6) is 0.437. The summed E-state index contributed by atoms with van der Waals surface area (Å²) in [5, 5.41) is 10.8. The summed E-state index contributed by atoms with van der Waals surface area (Å²) in [6.45, 7) is 4.04. The van der Waals surface area contributed by atoms with Crippen molar-refractivity contribution in [2.75, 3.05) is 0 Å². The second-order valence-electron chi connectivity index (χ2n) is 6.58. The Morgan fingerprint density at radius 3 is 2.41 bits per heavy atom. The number of phenols is 1. The van der Waals surface area contributed by atoms with Crippen LogP contribution >= 0.6 is 0 Å². The molecule has 0 saturated carbocycles. The van der Waals surface area contributed by atoms with Crippen LogP contribution in [0, 0.1) is 19.7 Å². The van der Waals surface area contributed by atoms with Crippen LogP contribution in [0.25, 0.3) is 22.3 Å². The molecule has 27 heavy (non-hydrogen) atoms. The molecule has 1 heterocycles. The van der Waals surface area contributed by atoms with Crippen molar-refractivity contribution in [3.05, 3.63) is 89.0 Å². The number of fused-ring (bicyclic) bond motifs is 1. The van der Waals surface area contributed by atoms with Gasteiger partial charge in [0, 0.05) is 17.0 Å². The number of benzene rings is 3. The van der Waals surface area contributed by atoms with Crippen LogP contribution in [-0.2, 0) is 0 Å². The Morgan fingerprint density at radius 2 is 1.67 bits per heavy atom. The number of phenolic OH excluding ortho intramolecular Hbond substituents is 1. The summed E-state index contributed by atoms with van der Waals surface area (Å²) in [5.41, 5.74) is 4.39. The molecule has 4 heteroatoms. The number of hydrogen-bond acceptors (Lipinski definition) is 3. The minimum Gasteiger partial charge on any atom is -0.508 e. The third-order valence-corrected chi connectivity index (χ3v) is 4.45. The zero-order valence-corrected chi connectivity index (χ0v) is 15.0. The number of halogens is 1. The lowest BCUT2D eigenvalue weighted by atomic mass is 10.1. The molecule has 0 amide bonds. The van der Waals surface area contributed by atoms with E-state index in [-0.39, 0.29) is 11.6 Å². The first kappa shape index (κ1) is 17.0. The van der Waals surface area contributed by atoms with Crippen molar-refractivity contribution in [3.8, 4) is 17.1 Å². The lowest BCUT2D eigenvalue weighted by molar-refractivity contribution is 0.475. The smallest absolute Gasteiger partial charge is 0.137 e. The maximum Gasteiger partial charge on any atom is 0.137 e. The summed E-state index contributed by atoms with van der Waals surface area (Å²) >= 11 is 0. The van der Waals surface area contributed by atoms with Crippen LogP contribution in [-0.4, -0.2) is 5.11 Å². The molecular weight excluding hydrogens is 341 g/mol. The summed E-state index contributed by atoms with van der Waals surface area (Å²) in [6, 6.07) is 19.0. The van der Waals surface area contributed by atoms with E-state index in [0.717, 1.165) is 22.4 Å². The van der Waals surface area contributed by atoms with Gasteiger partial charge in [-0.15, -0.1) is 0 Å². The second kappa shape index (κ2) is 6.72. The minimum absolute atomic E-state index is 0.182. The molecule has 1 aromatic heterocycles. The maximum atomic E-state index is 13.8. The van der Waals surface area contributed by atoms with Crippen molar-refractivity contribution in [3.63, 3.8) is 0 Å². The first-order valence-corrected chi connectivity index (χ1v) is 8.64. The summed E-state index contributed by atoms with van der Waals surface area (Å²) in [7, 11) is 0. The van der Waals surface area contributed by atoms with Crippen LogP contribution in [0.15, 0.2) is 76.1 Å². The van der Waals surface area contributed by atoms with E-state index >= 15 is 0 Å². The summed E-state index contributed by atoms with van der Waals surface area (Å²) in [6.07, 6.45) is 0. The molecule has 1 N–H and O–H groups in total. The normalized spacial score (nSPS) is 11.9. The molecule has 3 aromatic carbocycles. The van der Waals surface area contributed by atoms with E-state index in [1.54, 1.807) is 36.4 Å². The third kappa shape index (κ3) is 3.47. The molecule has 0 unspecified atom stereocenters. The zero-order valence-electron chi connectivity index (χ0n) is 15.0. The fourth-order valence-electron chi connectivity index (χ4n) is 3.06. The van der Waals surface area contributed by atoms with Gasteiger partial charge in [-0.05, 0) is 67.9 Å². The highest BCUT2D eigenvalue weighted by molar-refractivity contribution is 5.79. The molecule has 4 rings (SSSR count). The maximum absolute atomic E-state index is 13.8. The first-order valence-electron chi connectivity index (χ1n) is 8.64.